The first kappa shape index (κ1) is 16.6. The Kier molecular flexibility index (Phi) is 3.85. The summed E-state index contributed by atoms with van der Waals surface area (Å²) >= 11 is 0. The lowest BCUT2D eigenvalue weighted by Crippen LogP contribution is -2.40. The smallest absolute Gasteiger partial charge is 0.255 e. The number of para-hydroxylation sites is 1. The molecule has 0 unspecified atom stereocenters. The van der Waals surface area contributed by atoms with Crippen molar-refractivity contribution in [3.05, 3.63) is 70.9 Å². The van der Waals surface area contributed by atoms with Gasteiger partial charge in [-0.3, -0.25) is 4.79 Å². The van der Waals surface area contributed by atoms with Crippen molar-refractivity contribution in [3.8, 4) is 0 Å². The second-order valence-electron chi connectivity index (χ2n) is 8.07. The SMILES string of the molecule is Cc1c([C@@H]2c3ccccc3C(=O)N2C2CCCCC2)c2ccccc2n1C. The van der Waals surface area contributed by atoms with Crippen LogP contribution >= 0.6 is 0 Å². The Hall–Kier alpha value is -2.55. The average Bonchev–Trinajstić information content (AvgIpc) is 3.14. The maximum atomic E-state index is 13.5. The summed E-state index contributed by atoms with van der Waals surface area (Å²) in [5.41, 5.74) is 5.86. The fraction of sp³-hybridized carbons (Fsp3) is 0.375. The summed E-state index contributed by atoms with van der Waals surface area (Å²) in [6.07, 6.45) is 6.00. The standard InChI is InChI=1S/C24H26N2O/c1-16-22(20-14-8-9-15-21(20)25(16)2)23-18-12-6-7-13-19(18)24(27)26(23)17-10-4-3-5-11-17/h6-9,12-15,17,23H,3-5,10-11H2,1-2H3/t23-/m0/s1. The van der Waals surface area contributed by atoms with Crippen molar-refractivity contribution in [3.63, 3.8) is 0 Å². The molecule has 0 bridgehead atoms. The van der Waals surface area contributed by atoms with Crippen molar-refractivity contribution < 1.29 is 4.79 Å². The Morgan fingerprint density at radius 1 is 0.926 bits per heavy atom. The molecule has 2 aliphatic rings. The molecule has 1 aliphatic carbocycles. The van der Waals surface area contributed by atoms with Crippen LogP contribution in [0.2, 0.25) is 0 Å². The third kappa shape index (κ3) is 2.37. The van der Waals surface area contributed by atoms with Crippen LogP contribution in [0.25, 0.3) is 10.9 Å². The van der Waals surface area contributed by atoms with Gasteiger partial charge >= 0.3 is 0 Å². The Balaban J connectivity index is 1.75. The normalized spacial score (nSPS) is 20.4. The molecule has 2 heterocycles. The highest BCUT2D eigenvalue weighted by Crippen LogP contribution is 2.46. The van der Waals surface area contributed by atoms with Gasteiger partial charge in [0.25, 0.3) is 5.91 Å². The molecule has 2 aromatic carbocycles. The van der Waals surface area contributed by atoms with E-state index in [1.54, 1.807) is 0 Å². The van der Waals surface area contributed by atoms with Gasteiger partial charge in [0.05, 0.1) is 6.04 Å². The number of rotatable bonds is 2. The van der Waals surface area contributed by atoms with Gasteiger partial charge in [-0.1, -0.05) is 55.7 Å². The van der Waals surface area contributed by atoms with Gasteiger partial charge in [-0.05, 0) is 37.5 Å². The van der Waals surface area contributed by atoms with E-state index in [4.69, 9.17) is 0 Å². The van der Waals surface area contributed by atoms with Gasteiger partial charge in [0.1, 0.15) is 0 Å². The van der Waals surface area contributed by atoms with E-state index >= 15 is 0 Å². The van der Waals surface area contributed by atoms with Crippen molar-refractivity contribution >= 4 is 16.8 Å². The molecule has 1 atom stereocenters. The van der Waals surface area contributed by atoms with Gasteiger partial charge < -0.3 is 9.47 Å². The highest BCUT2D eigenvalue weighted by atomic mass is 16.2. The number of hydrogen-bond acceptors (Lipinski definition) is 1. The third-order valence-corrected chi connectivity index (χ3v) is 6.69. The van der Waals surface area contributed by atoms with Gasteiger partial charge in [-0.2, -0.15) is 0 Å². The number of aryl methyl sites for hydroxylation is 1. The van der Waals surface area contributed by atoms with E-state index in [0.717, 1.165) is 18.4 Å². The maximum absolute atomic E-state index is 13.5. The average molecular weight is 358 g/mol. The Morgan fingerprint density at radius 3 is 2.44 bits per heavy atom. The predicted octanol–water partition coefficient (Wildman–Crippen LogP) is 5.36. The van der Waals surface area contributed by atoms with E-state index in [1.807, 2.05) is 12.1 Å². The molecule has 0 N–H and O–H groups in total. The Bertz CT molecular complexity index is 1030. The van der Waals surface area contributed by atoms with Crippen LogP contribution in [0.15, 0.2) is 48.5 Å². The topological polar surface area (TPSA) is 25.2 Å². The Morgan fingerprint density at radius 2 is 1.63 bits per heavy atom. The fourth-order valence-corrected chi connectivity index (χ4v) is 5.26. The number of amides is 1. The Labute approximate surface area is 160 Å². The van der Waals surface area contributed by atoms with Gasteiger partial charge in [0.15, 0.2) is 0 Å². The molecule has 1 amide bonds. The van der Waals surface area contributed by atoms with Crippen LogP contribution in [0.5, 0.6) is 0 Å². The van der Waals surface area contributed by atoms with E-state index in [1.165, 1.54) is 47.0 Å². The van der Waals surface area contributed by atoms with Crippen LogP contribution in [0.4, 0.5) is 0 Å². The van der Waals surface area contributed by atoms with Crippen LogP contribution in [-0.2, 0) is 7.05 Å². The van der Waals surface area contributed by atoms with Crippen molar-refractivity contribution in [1.29, 1.82) is 0 Å². The molecule has 138 valence electrons. The summed E-state index contributed by atoms with van der Waals surface area (Å²) in [5, 5.41) is 1.27. The first-order valence-electron chi connectivity index (χ1n) is 10.1. The molecule has 27 heavy (non-hydrogen) atoms. The maximum Gasteiger partial charge on any atom is 0.255 e. The number of aromatic nitrogens is 1. The largest absolute Gasteiger partial charge is 0.348 e. The lowest BCUT2D eigenvalue weighted by molar-refractivity contribution is 0.0612. The van der Waals surface area contributed by atoms with Gasteiger partial charge in [0.2, 0.25) is 0 Å². The quantitative estimate of drug-likeness (QED) is 0.605. The molecule has 0 radical (unpaired) electrons. The monoisotopic (exact) mass is 358 g/mol. The van der Waals surface area contributed by atoms with E-state index in [-0.39, 0.29) is 11.9 Å². The molecule has 5 rings (SSSR count). The number of benzene rings is 2. The summed E-state index contributed by atoms with van der Waals surface area (Å²) in [6, 6.07) is 17.2. The molecule has 3 heteroatoms. The summed E-state index contributed by atoms with van der Waals surface area (Å²) in [7, 11) is 2.13. The van der Waals surface area contributed by atoms with E-state index in [0.29, 0.717) is 6.04 Å². The summed E-state index contributed by atoms with van der Waals surface area (Å²) in [6.45, 7) is 2.19. The molecule has 0 saturated heterocycles. The summed E-state index contributed by atoms with van der Waals surface area (Å²) in [4.78, 5) is 15.7. The number of carbonyl (C=O) groups is 1. The van der Waals surface area contributed by atoms with E-state index in [2.05, 4.69) is 59.8 Å². The second kappa shape index (κ2) is 6.26. The van der Waals surface area contributed by atoms with Crippen molar-refractivity contribution in [1.82, 2.24) is 9.47 Å². The molecule has 1 saturated carbocycles. The number of fused-ring (bicyclic) bond motifs is 2. The van der Waals surface area contributed by atoms with Gasteiger partial charge in [-0.15, -0.1) is 0 Å². The van der Waals surface area contributed by atoms with Crippen LogP contribution in [0.1, 0.15) is 65.3 Å². The minimum absolute atomic E-state index is 0.0305. The molecule has 1 fully saturated rings. The van der Waals surface area contributed by atoms with Crippen LogP contribution in [0.3, 0.4) is 0 Å². The van der Waals surface area contributed by atoms with Crippen LogP contribution in [0, 0.1) is 6.92 Å². The zero-order chi connectivity index (χ0) is 18.5. The first-order valence-corrected chi connectivity index (χ1v) is 10.1. The summed E-state index contributed by atoms with van der Waals surface area (Å²) < 4.78 is 2.27. The zero-order valence-electron chi connectivity index (χ0n) is 16.1. The molecule has 3 nitrogen and oxygen atoms in total. The fourth-order valence-electron chi connectivity index (χ4n) is 5.26. The van der Waals surface area contributed by atoms with E-state index in [9.17, 15) is 4.79 Å². The van der Waals surface area contributed by atoms with Crippen molar-refractivity contribution in [2.24, 2.45) is 7.05 Å². The second-order valence-corrected chi connectivity index (χ2v) is 8.07. The van der Waals surface area contributed by atoms with Crippen molar-refractivity contribution in [2.45, 2.75) is 51.1 Å². The highest BCUT2D eigenvalue weighted by Gasteiger charge is 2.43. The number of nitrogens with zero attached hydrogens (tertiary/aromatic N) is 2. The molecular weight excluding hydrogens is 332 g/mol. The number of carbonyl (C=O) groups excluding carboxylic acids is 1. The minimum Gasteiger partial charge on any atom is -0.348 e. The predicted molar refractivity (Wildman–Crippen MR) is 109 cm³/mol. The lowest BCUT2D eigenvalue weighted by Gasteiger charge is -2.36. The highest BCUT2D eigenvalue weighted by molar-refractivity contribution is 6.01. The van der Waals surface area contributed by atoms with Gasteiger partial charge in [-0.25, -0.2) is 0 Å². The lowest BCUT2D eigenvalue weighted by atomic mass is 9.91. The minimum atomic E-state index is 0.0305. The molecule has 3 aromatic rings. The third-order valence-electron chi connectivity index (χ3n) is 6.69. The zero-order valence-corrected chi connectivity index (χ0v) is 16.1. The molecule has 1 aliphatic heterocycles. The van der Waals surface area contributed by atoms with Crippen molar-refractivity contribution in [2.75, 3.05) is 0 Å². The molecule has 1 aromatic heterocycles. The molecule has 0 spiro atoms. The first-order chi connectivity index (χ1) is 13.2. The van der Waals surface area contributed by atoms with E-state index < -0.39 is 0 Å². The summed E-state index contributed by atoms with van der Waals surface area (Å²) in [5.74, 6) is 0.217. The van der Waals surface area contributed by atoms with Gasteiger partial charge in [0, 0.05) is 40.8 Å². The van der Waals surface area contributed by atoms with Crippen LogP contribution < -0.4 is 0 Å². The molecular formula is C24H26N2O. The number of hydrogen-bond donors (Lipinski definition) is 0. The van der Waals surface area contributed by atoms with Crippen LogP contribution in [-0.4, -0.2) is 21.4 Å².